The molecule has 0 N–H and O–H groups in total. The first-order chi connectivity index (χ1) is 14.6. The van der Waals surface area contributed by atoms with Gasteiger partial charge in [-0.15, -0.1) is 0 Å². The quantitative estimate of drug-likeness (QED) is 0.419. The Hall–Kier alpha value is -3.32. The van der Waals surface area contributed by atoms with Crippen molar-refractivity contribution in [3.63, 3.8) is 0 Å². The first-order valence-corrected chi connectivity index (χ1v) is 9.85. The molecule has 0 aliphatic carbocycles. The van der Waals surface area contributed by atoms with Crippen molar-refractivity contribution in [3.8, 4) is 22.9 Å². The summed E-state index contributed by atoms with van der Waals surface area (Å²) < 4.78 is 22.2. The van der Waals surface area contributed by atoms with Gasteiger partial charge in [-0.25, -0.2) is 0 Å². The maximum atomic E-state index is 6.00. The van der Waals surface area contributed by atoms with Crippen molar-refractivity contribution in [2.75, 3.05) is 21.3 Å². The molecule has 0 aliphatic rings. The number of aromatic nitrogens is 2. The maximum Gasteiger partial charge on any atom is 0.241 e. The van der Waals surface area contributed by atoms with Crippen molar-refractivity contribution < 1.29 is 18.4 Å². The van der Waals surface area contributed by atoms with Gasteiger partial charge in [-0.3, -0.25) is 4.90 Å². The highest BCUT2D eigenvalue weighted by molar-refractivity contribution is 5.82. The fraction of sp³-hybridized carbons (Fsp3) is 0.304. The standard InChI is InChI=1S/C23H25N3O4/c1-5-19-18(16-8-6-7-9-20(16)29-19)13-26(2)14-22-24-23(25-30-22)17-11-10-15(27-3)12-21(17)28-4/h6-12H,5,13-14H2,1-4H3. The second kappa shape index (κ2) is 8.59. The van der Waals surface area contributed by atoms with Gasteiger partial charge in [-0.1, -0.05) is 30.3 Å². The molecule has 2 heterocycles. The average Bonchev–Trinajstić information content (AvgIpc) is 3.37. The van der Waals surface area contributed by atoms with Crippen LogP contribution in [-0.4, -0.2) is 36.3 Å². The van der Waals surface area contributed by atoms with Gasteiger partial charge in [0.05, 0.1) is 26.3 Å². The van der Waals surface area contributed by atoms with Crippen LogP contribution in [0.1, 0.15) is 24.1 Å². The predicted molar refractivity (Wildman–Crippen MR) is 114 cm³/mol. The predicted octanol–water partition coefficient (Wildman–Crippen LogP) is 4.69. The van der Waals surface area contributed by atoms with Crippen LogP contribution in [0.3, 0.4) is 0 Å². The summed E-state index contributed by atoms with van der Waals surface area (Å²) in [6.07, 6.45) is 0.847. The van der Waals surface area contributed by atoms with Gasteiger partial charge in [0, 0.05) is 30.0 Å². The SMILES string of the molecule is CCc1oc2ccccc2c1CN(C)Cc1nc(-c2ccc(OC)cc2OC)no1. The molecule has 0 aliphatic heterocycles. The van der Waals surface area contributed by atoms with Gasteiger partial charge in [0.25, 0.3) is 0 Å². The molecular weight excluding hydrogens is 382 g/mol. The molecule has 0 amide bonds. The number of nitrogens with zero attached hydrogens (tertiary/aromatic N) is 3. The number of hydrogen-bond acceptors (Lipinski definition) is 7. The second-order valence-electron chi connectivity index (χ2n) is 7.10. The minimum atomic E-state index is 0.487. The monoisotopic (exact) mass is 407 g/mol. The van der Waals surface area contributed by atoms with E-state index < -0.39 is 0 Å². The summed E-state index contributed by atoms with van der Waals surface area (Å²) in [5, 5.41) is 5.28. The Morgan fingerprint density at radius 1 is 1.03 bits per heavy atom. The van der Waals surface area contributed by atoms with Gasteiger partial charge in [-0.2, -0.15) is 4.98 Å². The van der Waals surface area contributed by atoms with E-state index in [0.29, 0.717) is 29.8 Å². The van der Waals surface area contributed by atoms with Crippen LogP contribution in [0.5, 0.6) is 11.5 Å². The first-order valence-electron chi connectivity index (χ1n) is 9.85. The van der Waals surface area contributed by atoms with E-state index in [1.54, 1.807) is 20.3 Å². The van der Waals surface area contributed by atoms with Crippen LogP contribution in [-0.2, 0) is 19.5 Å². The fourth-order valence-corrected chi connectivity index (χ4v) is 3.58. The number of ether oxygens (including phenoxy) is 2. The molecule has 0 spiro atoms. The molecule has 156 valence electrons. The summed E-state index contributed by atoms with van der Waals surface area (Å²) in [6.45, 7) is 3.35. The Kier molecular flexibility index (Phi) is 5.72. The molecule has 2 aromatic carbocycles. The van der Waals surface area contributed by atoms with Crippen molar-refractivity contribution >= 4 is 11.0 Å². The Morgan fingerprint density at radius 3 is 2.63 bits per heavy atom. The van der Waals surface area contributed by atoms with Crippen molar-refractivity contribution in [1.29, 1.82) is 0 Å². The second-order valence-corrected chi connectivity index (χ2v) is 7.10. The van der Waals surface area contributed by atoms with E-state index in [-0.39, 0.29) is 0 Å². The van der Waals surface area contributed by atoms with E-state index in [9.17, 15) is 0 Å². The molecule has 4 aromatic rings. The lowest BCUT2D eigenvalue weighted by Gasteiger charge is -2.14. The smallest absolute Gasteiger partial charge is 0.241 e. The molecule has 4 rings (SSSR count). The Morgan fingerprint density at radius 2 is 1.87 bits per heavy atom. The third-order valence-electron chi connectivity index (χ3n) is 5.05. The minimum Gasteiger partial charge on any atom is -0.497 e. The van der Waals surface area contributed by atoms with E-state index in [1.807, 2.05) is 37.4 Å². The maximum absolute atomic E-state index is 6.00. The first kappa shape index (κ1) is 20.0. The van der Waals surface area contributed by atoms with Crippen molar-refractivity contribution in [3.05, 3.63) is 59.7 Å². The zero-order chi connectivity index (χ0) is 21.1. The summed E-state index contributed by atoms with van der Waals surface area (Å²) in [7, 11) is 5.25. The van der Waals surface area contributed by atoms with Gasteiger partial charge < -0.3 is 18.4 Å². The van der Waals surface area contributed by atoms with Crippen LogP contribution in [0, 0.1) is 0 Å². The van der Waals surface area contributed by atoms with Crippen molar-refractivity contribution in [1.82, 2.24) is 15.0 Å². The Balaban J connectivity index is 1.52. The number of rotatable bonds is 8. The molecule has 0 unspecified atom stereocenters. The largest absolute Gasteiger partial charge is 0.497 e. The van der Waals surface area contributed by atoms with Crippen molar-refractivity contribution in [2.45, 2.75) is 26.4 Å². The number of hydrogen-bond donors (Lipinski definition) is 0. The summed E-state index contributed by atoms with van der Waals surface area (Å²) in [4.78, 5) is 6.69. The van der Waals surface area contributed by atoms with Crippen LogP contribution in [0.15, 0.2) is 51.4 Å². The average molecular weight is 407 g/mol. The van der Waals surface area contributed by atoms with Crippen molar-refractivity contribution in [2.24, 2.45) is 0 Å². The topological polar surface area (TPSA) is 73.8 Å². The van der Waals surface area contributed by atoms with Crippen LogP contribution in [0.4, 0.5) is 0 Å². The highest BCUT2D eigenvalue weighted by atomic mass is 16.5. The summed E-state index contributed by atoms with van der Waals surface area (Å²) in [6, 6.07) is 13.6. The molecule has 0 radical (unpaired) electrons. The lowest BCUT2D eigenvalue weighted by atomic mass is 10.1. The molecule has 0 atom stereocenters. The highest BCUT2D eigenvalue weighted by Crippen LogP contribution is 2.32. The van der Waals surface area contributed by atoms with Gasteiger partial charge in [-0.05, 0) is 25.2 Å². The summed E-state index contributed by atoms with van der Waals surface area (Å²) in [5.41, 5.74) is 2.88. The molecule has 2 aromatic heterocycles. The van der Waals surface area contributed by atoms with E-state index in [1.165, 1.54) is 5.56 Å². The molecular formula is C23H25N3O4. The van der Waals surface area contributed by atoms with Gasteiger partial charge >= 0.3 is 0 Å². The minimum absolute atomic E-state index is 0.487. The van der Waals surface area contributed by atoms with Crippen LogP contribution >= 0.6 is 0 Å². The summed E-state index contributed by atoms with van der Waals surface area (Å²) in [5.74, 6) is 3.37. The Bertz CT molecular complexity index is 1150. The molecule has 0 fully saturated rings. The van der Waals surface area contributed by atoms with Crippen LogP contribution in [0.25, 0.3) is 22.4 Å². The lowest BCUT2D eigenvalue weighted by Crippen LogP contribution is -2.18. The van der Waals surface area contributed by atoms with E-state index >= 15 is 0 Å². The van der Waals surface area contributed by atoms with Gasteiger partial charge in [0.1, 0.15) is 22.8 Å². The summed E-state index contributed by atoms with van der Waals surface area (Å²) >= 11 is 0. The molecule has 7 heteroatoms. The van der Waals surface area contributed by atoms with Crippen LogP contribution < -0.4 is 9.47 Å². The fourth-order valence-electron chi connectivity index (χ4n) is 3.58. The highest BCUT2D eigenvalue weighted by Gasteiger charge is 2.18. The zero-order valence-electron chi connectivity index (χ0n) is 17.6. The lowest BCUT2D eigenvalue weighted by molar-refractivity contribution is 0.260. The van der Waals surface area contributed by atoms with Crippen LogP contribution in [0.2, 0.25) is 0 Å². The number of aryl methyl sites for hydroxylation is 1. The molecule has 0 saturated heterocycles. The molecule has 7 nitrogen and oxygen atoms in total. The molecule has 0 saturated carbocycles. The molecule has 30 heavy (non-hydrogen) atoms. The number of furan rings is 1. The molecule has 0 bridgehead atoms. The number of fused-ring (bicyclic) bond motifs is 1. The number of para-hydroxylation sites is 1. The van der Waals surface area contributed by atoms with E-state index in [4.69, 9.17) is 18.4 Å². The third-order valence-corrected chi connectivity index (χ3v) is 5.05. The Labute approximate surface area is 175 Å². The van der Waals surface area contributed by atoms with Gasteiger partial charge in [0.2, 0.25) is 11.7 Å². The third kappa shape index (κ3) is 3.89. The van der Waals surface area contributed by atoms with Gasteiger partial charge in [0.15, 0.2) is 0 Å². The zero-order valence-corrected chi connectivity index (χ0v) is 17.6. The van der Waals surface area contributed by atoms with E-state index in [2.05, 4.69) is 28.0 Å². The van der Waals surface area contributed by atoms with E-state index in [0.717, 1.165) is 35.3 Å². The normalized spacial score (nSPS) is 11.4. The number of benzene rings is 2. The number of methoxy groups -OCH3 is 2.